The quantitative estimate of drug-likeness (QED) is 0.618. The average molecular weight is 414 g/mol. The first-order valence-corrected chi connectivity index (χ1v) is 11.3. The smallest absolute Gasteiger partial charge is 0.261 e. The zero-order valence-electron chi connectivity index (χ0n) is 17.2. The maximum Gasteiger partial charge on any atom is 0.261 e. The highest BCUT2D eigenvalue weighted by atomic mass is 32.1. The molecule has 0 radical (unpaired) electrons. The molecule has 3 rings (SSSR count). The highest BCUT2D eigenvalue weighted by molar-refractivity contribution is 7.12. The number of thiophene rings is 1. The van der Waals surface area contributed by atoms with E-state index in [1.165, 1.54) is 22.5 Å². The Hall–Kier alpha value is -2.18. The molecule has 0 spiro atoms. The minimum atomic E-state index is -0.0576. The van der Waals surface area contributed by atoms with Crippen molar-refractivity contribution in [1.29, 1.82) is 0 Å². The van der Waals surface area contributed by atoms with Crippen molar-refractivity contribution in [2.75, 3.05) is 26.2 Å². The number of piperidine rings is 1. The third-order valence-corrected chi connectivity index (χ3v) is 6.30. The van der Waals surface area contributed by atoms with Crippen LogP contribution in [-0.2, 0) is 11.3 Å². The zero-order valence-corrected chi connectivity index (χ0v) is 18.0. The number of aryl methyl sites for hydroxylation is 1. The lowest BCUT2D eigenvalue weighted by atomic mass is 9.96. The van der Waals surface area contributed by atoms with Crippen molar-refractivity contribution in [2.24, 2.45) is 5.92 Å². The molecule has 1 aliphatic heterocycles. The maximum atomic E-state index is 12.1. The lowest BCUT2D eigenvalue weighted by molar-refractivity contribution is -0.121. The van der Waals surface area contributed by atoms with E-state index in [9.17, 15) is 9.59 Å². The monoisotopic (exact) mass is 413 g/mol. The van der Waals surface area contributed by atoms with E-state index in [0.717, 1.165) is 39.0 Å². The Bertz CT molecular complexity index is 766. The van der Waals surface area contributed by atoms with Crippen LogP contribution >= 0.6 is 11.3 Å². The minimum absolute atomic E-state index is 0.0576. The van der Waals surface area contributed by atoms with Gasteiger partial charge in [-0.25, -0.2) is 0 Å². The van der Waals surface area contributed by atoms with Crippen LogP contribution in [0.1, 0.15) is 46.5 Å². The molecule has 0 aliphatic carbocycles. The molecule has 6 heteroatoms. The molecule has 1 aliphatic rings. The SMILES string of the molecule is Cc1ccc(CN2CCC(CNC(=O)CCCNC(=O)c3cccs3)CC2)cc1. The number of rotatable bonds is 9. The van der Waals surface area contributed by atoms with E-state index in [2.05, 4.69) is 46.7 Å². The topological polar surface area (TPSA) is 61.4 Å². The van der Waals surface area contributed by atoms with E-state index in [-0.39, 0.29) is 11.8 Å². The van der Waals surface area contributed by atoms with Crippen molar-refractivity contribution in [3.8, 4) is 0 Å². The number of carbonyl (C=O) groups is 2. The number of nitrogens with one attached hydrogen (secondary N) is 2. The second kappa shape index (κ2) is 11.1. The molecule has 1 aromatic heterocycles. The number of hydrogen-bond acceptors (Lipinski definition) is 4. The van der Waals surface area contributed by atoms with Gasteiger partial charge in [0.15, 0.2) is 0 Å². The van der Waals surface area contributed by atoms with Gasteiger partial charge in [0.25, 0.3) is 5.91 Å². The molecule has 1 saturated heterocycles. The Morgan fingerprint density at radius 1 is 1.10 bits per heavy atom. The summed E-state index contributed by atoms with van der Waals surface area (Å²) in [4.78, 5) is 27.1. The Labute approximate surface area is 177 Å². The first-order chi connectivity index (χ1) is 14.1. The van der Waals surface area contributed by atoms with Gasteiger partial charge in [-0.1, -0.05) is 35.9 Å². The molecule has 156 valence electrons. The van der Waals surface area contributed by atoms with Gasteiger partial charge in [-0.3, -0.25) is 14.5 Å². The van der Waals surface area contributed by atoms with E-state index >= 15 is 0 Å². The van der Waals surface area contributed by atoms with Crippen LogP contribution in [0.3, 0.4) is 0 Å². The van der Waals surface area contributed by atoms with Gasteiger partial charge in [0.1, 0.15) is 0 Å². The fourth-order valence-electron chi connectivity index (χ4n) is 3.59. The van der Waals surface area contributed by atoms with Crippen molar-refractivity contribution in [2.45, 2.75) is 39.2 Å². The highest BCUT2D eigenvalue weighted by Gasteiger charge is 2.19. The van der Waals surface area contributed by atoms with Gasteiger partial charge in [-0.05, 0) is 62.2 Å². The fourth-order valence-corrected chi connectivity index (χ4v) is 4.23. The maximum absolute atomic E-state index is 12.1. The zero-order chi connectivity index (χ0) is 20.5. The van der Waals surface area contributed by atoms with E-state index in [1.807, 2.05) is 11.4 Å². The largest absolute Gasteiger partial charge is 0.356 e. The van der Waals surface area contributed by atoms with Crippen LogP contribution in [0.25, 0.3) is 0 Å². The number of nitrogens with zero attached hydrogens (tertiary/aromatic N) is 1. The fraction of sp³-hybridized carbons (Fsp3) is 0.478. The van der Waals surface area contributed by atoms with E-state index in [4.69, 9.17) is 0 Å². The van der Waals surface area contributed by atoms with Crippen LogP contribution in [0, 0.1) is 12.8 Å². The molecule has 0 saturated carbocycles. The molecule has 2 N–H and O–H groups in total. The first kappa shape index (κ1) is 21.5. The van der Waals surface area contributed by atoms with E-state index in [0.29, 0.717) is 30.2 Å². The number of amides is 2. The predicted octanol–water partition coefficient (Wildman–Crippen LogP) is 3.59. The predicted molar refractivity (Wildman–Crippen MR) is 118 cm³/mol. The van der Waals surface area contributed by atoms with Gasteiger partial charge in [-0.15, -0.1) is 11.3 Å². The number of hydrogen-bond donors (Lipinski definition) is 2. The summed E-state index contributed by atoms with van der Waals surface area (Å²) in [5.41, 5.74) is 2.67. The van der Waals surface area contributed by atoms with Gasteiger partial charge in [0.2, 0.25) is 5.91 Å². The Morgan fingerprint density at radius 2 is 1.86 bits per heavy atom. The number of benzene rings is 1. The van der Waals surface area contributed by atoms with E-state index < -0.39 is 0 Å². The molecule has 1 fully saturated rings. The molecule has 2 amide bonds. The molecule has 0 unspecified atom stereocenters. The summed E-state index contributed by atoms with van der Waals surface area (Å²) in [7, 11) is 0. The van der Waals surface area contributed by atoms with Gasteiger partial charge in [-0.2, -0.15) is 0 Å². The lowest BCUT2D eigenvalue weighted by Gasteiger charge is -2.32. The summed E-state index contributed by atoms with van der Waals surface area (Å²) in [6, 6.07) is 12.4. The third kappa shape index (κ3) is 7.29. The molecular formula is C23H31N3O2S. The van der Waals surface area contributed by atoms with Crippen LogP contribution in [-0.4, -0.2) is 42.9 Å². The van der Waals surface area contributed by atoms with Crippen molar-refractivity contribution in [3.63, 3.8) is 0 Å². The van der Waals surface area contributed by atoms with Gasteiger partial charge in [0.05, 0.1) is 4.88 Å². The third-order valence-electron chi connectivity index (χ3n) is 5.43. The van der Waals surface area contributed by atoms with Crippen molar-refractivity contribution >= 4 is 23.2 Å². The van der Waals surface area contributed by atoms with E-state index in [1.54, 1.807) is 6.07 Å². The summed E-state index contributed by atoms with van der Waals surface area (Å²) in [5, 5.41) is 7.81. The van der Waals surface area contributed by atoms with Crippen LogP contribution in [0.2, 0.25) is 0 Å². The van der Waals surface area contributed by atoms with Crippen LogP contribution < -0.4 is 10.6 Å². The average Bonchev–Trinajstić information content (AvgIpc) is 3.27. The Morgan fingerprint density at radius 3 is 2.55 bits per heavy atom. The van der Waals surface area contributed by atoms with Crippen LogP contribution in [0.5, 0.6) is 0 Å². The molecular weight excluding hydrogens is 382 g/mol. The molecule has 2 heterocycles. The normalized spacial score (nSPS) is 15.2. The standard InChI is InChI=1S/C23H31N3O2S/c1-18-6-8-20(9-7-18)17-26-13-10-19(11-14-26)16-25-22(27)5-2-12-24-23(28)21-4-3-15-29-21/h3-4,6-9,15,19H,2,5,10-14,16-17H2,1H3,(H,24,28)(H,25,27). The van der Waals surface area contributed by atoms with Gasteiger partial charge >= 0.3 is 0 Å². The summed E-state index contributed by atoms with van der Waals surface area (Å²) in [6.45, 7) is 6.59. The molecule has 5 nitrogen and oxygen atoms in total. The van der Waals surface area contributed by atoms with Crippen molar-refractivity contribution in [1.82, 2.24) is 15.5 Å². The highest BCUT2D eigenvalue weighted by Crippen LogP contribution is 2.18. The molecule has 29 heavy (non-hydrogen) atoms. The summed E-state index contributed by atoms with van der Waals surface area (Å²) < 4.78 is 0. The van der Waals surface area contributed by atoms with Crippen LogP contribution in [0.15, 0.2) is 41.8 Å². The molecule has 2 aromatic rings. The van der Waals surface area contributed by atoms with Crippen molar-refractivity contribution in [3.05, 3.63) is 57.8 Å². The Balaban J connectivity index is 1.24. The van der Waals surface area contributed by atoms with Gasteiger partial charge < -0.3 is 10.6 Å². The first-order valence-electron chi connectivity index (χ1n) is 10.5. The lowest BCUT2D eigenvalue weighted by Crippen LogP contribution is -2.38. The second-order valence-corrected chi connectivity index (χ2v) is 8.79. The summed E-state index contributed by atoms with van der Waals surface area (Å²) in [5.74, 6) is 0.585. The number of carbonyl (C=O) groups excluding carboxylic acids is 2. The molecule has 0 atom stereocenters. The number of likely N-dealkylation sites (tertiary alicyclic amines) is 1. The van der Waals surface area contributed by atoms with Crippen LogP contribution in [0.4, 0.5) is 0 Å². The minimum Gasteiger partial charge on any atom is -0.356 e. The van der Waals surface area contributed by atoms with Crippen molar-refractivity contribution < 1.29 is 9.59 Å². The molecule has 0 bridgehead atoms. The molecule has 1 aromatic carbocycles. The van der Waals surface area contributed by atoms with Gasteiger partial charge in [0, 0.05) is 26.1 Å². The summed E-state index contributed by atoms with van der Waals surface area (Å²) in [6.07, 6.45) is 3.38. The Kier molecular flexibility index (Phi) is 8.25. The second-order valence-electron chi connectivity index (χ2n) is 7.85. The summed E-state index contributed by atoms with van der Waals surface area (Å²) >= 11 is 1.43.